The van der Waals surface area contributed by atoms with Crippen molar-refractivity contribution in [1.82, 2.24) is 19.1 Å². The van der Waals surface area contributed by atoms with E-state index >= 15 is 0 Å². The third-order valence-corrected chi connectivity index (χ3v) is 7.30. The Bertz CT molecular complexity index is 1160. The summed E-state index contributed by atoms with van der Waals surface area (Å²) in [5.41, 5.74) is 0.875. The standard InChI is InChI=1S/C23H28N4O5S/c1-25(2)14-5-15-27-20(16-10-12-24-13-11-16)19(22(29)23(27)30)21(28)17-6-8-18(9-7-17)33(31,32)26(3)4/h6-13,20,28H,5,14-15H2,1-4H3/b21-19-. The molecule has 33 heavy (non-hydrogen) atoms. The third kappa shape index (κ3) is 4.97. The first-order valence-electron chi connectivity index (χ1n) is 10.4. The first-order chi connectivity index (χ1) is 15.6. The summed E-state index contributed by atoms with van der Waals surface area (Å²) in [6.45, 7) is 1.07. The van der Waals surface area contributed by atoms with Gasteiger partial charge in [-0.15, -0.1) is 0 Å². The number of likely N-dealkylation sites (tertiary alicyclic amines) is 1. The van der Waals surface area contributed by atoms with Gasteiger partial charge in [-0.1, -0.05) is 0 Å². The van der Waals surface area contributed by atoms with Crippen LogP contribution in [0.2, 0.25) is 0 Å². The average Bonchev–Trinajstić information content (AvgIpc) is 3.04. The van der Waals surface area contributed by atoms with Crippen LogP contribution in [-0.2, 0) is 19.6 Å². The molecule has 1 fully saturated rings. The molecule has 3 rings (SSSR count). The highest BCUT2D eigenvalue weighted by molar-refractivity contribution is 7.89. The number of aliphatic hydroxyl groups excluding tert-OH is 1. The quantitative estimate of drug-likeness (QED) is 0.354. The average molecular weight is 473 g/mol. The maximum atomic E-state index is 13.0. The number of benzene rings is 1. The van der Waals surface area contributed by atoms with Crippen molar-refractivity contribution in [2.45, 2.75) is 17.4 Å². The molecule has 1 amide bonds. The van der Waals surface area contributed by atoms with E-state index in [9.17, 15) is 23.1 Å². The lowest BCUT2D eigenvalue weighted by Gasteiger charge is -2.25. The lowest BCUT2D eigenvalue weighted by molar-refractivity contribution is -0.139. The summed E-state index contributed by atoms with van der Waals surface area (Å²) in [4.78, 5) is 33.4. The second-order valence-corrected chi connectivity index (χ2v) is 10.4. The summed E-state index contributed by atoms with van der Waals surface area (Å²) >= 11 is 0. The zero-order chi connectivity index (χ0) is 24.3. The van der Waals surface area contributed by atoms with Gasteiger partial charge < -0.3 is 14.9 Å². The maximum absolute atomic E-state index is 13.0. The number of amides is 1. The van der Waals surface area contributed by atoms with Gasteiger partial charge in [0, 0.05) is 38.6 Å². The Kier molecular flexibility index (Phi) is 7.31. The van der Waals surface area contributed by atoms with Gasteiger partial charge in [-0.05, 0) is 69.0 Å². The van der Waals surface area contributed by atoms with Crippen molar-refractivity contribution in [3.63, 3.8) is 0 Å². The predicted octanol–water partition coefficient (Wildman–Crippen LogP) is 1.71. The van der Waals surface area contributed by atoms with Crippen molar-refractivity contribution in [2.75, 3.05) is 41.3 Å². The molecule has 1 aliphatic heterocycles. The van der Waals surface area contributed by atoms with Gasteiger partial charge in [0.1, 0.15) is 5.76 Å². The molecule has 1 N–H and O–H groups in total. The largest absolute Gasteiger partial charge is 0.507 e. The van der Waals surface area contributed by atoms with Crippen LogP contribution < -0.4 is 0 Å². The molecule has 176 valence electrons. The molecule has 1 aromatic carbocycles. The molecule has 10 heteroatoms. The van der Waals surface area contributed by atoms with Crippen molar-refractivity contribution >= 4 is 27.5 Å². The van der Waals surface area contributed by atoms with Crippen LogP contribution in [-0.4, -0.2) is 85.6 Å². The second kappa shape index (κ2) is 9.82. The number of sulfonamides is 1. The van der Waals surface area contributed by atoms with Gasteiger partial charge >= 0.3 is 0 Å². The van der Waals surface area contributed by atoms with Crippen molar-refractivity contribution in [2.24, 2.45) is 0 Å². The van der Waals surface area contributed by atoms with Crippen molar-refractivity contribution in [3.8, 4) is 0 Å². The molecule has 9 nitrogen and oxygen atoms in total. The first kappa shape index (κ1) is 24.6. The highest BCUT2D eigenvalue weighted by Crippen LogP contribution is 2.39. The first-order valence-corrected chi connectivity index (χ1v) is 11.9. The fraction of sp³-hybridized carbons (Fsp3) is 0.348. The van der Waals surface area contributed by atoms with E-state index in [1.165, 1.54) is 43.3 Å². The smallest absolute Gasteiger partial charge is 0.295 e. The van der Waals surface area contributed by atoms with Crippen LogP contribution in [0, 0.1) is 0 Å². The van der Waals surface area contributed by atoms with Crippen molar-refractivity contribution in [3.05, 3.63) is 65.5 Å². The topological polar surface area (TPSA) is 111 Å². The van der Waals surface area contributed by atoms with E-state index in [0.29, 0.717) is 18.5 Å². The number of pyridine rings is 1. The number of aliphatic hydroxyl groups is 1. The van der Waals surface area contributed by atoms with Crippen LogP contribution in [0.5, 0.6) is 0 Å². The van der Waals surface area contributed by atoms with Gasteiger partial charge in [0.15, 0.2) is 0 Å². The lowest BCUT2D eigenvalue weighted by atomic mass is 9.96. The molecule has 0 saturated carbocycles. The van der Waals surface area contributed by atoms with E-state index in [2.05, 4.69) is 4.98 Å². The molecule has 0 bridgehead atoms. The van der Waals surface area contributed by atoms with Crippen LogP contribution >= 0.6 is 0 Å². The normalized spacial score (nSPS) is 18.5. The van der Waals surface area contributed by atoms with Gasteiger partial charge in [-0.3, -0.25) is 14.6 Å². The summed E-state index contributed by atoms with van der Waals surface area (Å²) < 4.78 is 25.7. The highest BCUT2D eigenvalue weighted by Gasteiger charge is 2.45. The fourth-order valence-corrected chi connectivity index (χ4v) is 4.61. The molecule has 0 aliphatic carbocycles. The molecular weight excluding hydrogens is 444 g/mol. The number of rotatable bonds is 8. The Labute approximate surface area is 194 Å². The summed E-state index contributed by atoms with van der Waals surface area (Å²) in [6.07, 6.45) is 3.78. The fourth-order valence-electron chi connectivity index (χ4n) is 3.71. The number of nitrogens with zero attached hydrogens (tertiary/aromatic N) is 4. The summed E-state index contributed by atoms with van der Waals surface area (Å²) in [7, 11) is 3.06. The van der Waals surface area contributed by atoms with Crippen LogP contribution in [0.15, 0.2) is 59.3 Å². The van der Waals surface area contributed by atoms with E-state index < -0.39 is 27.8 Å². The Morgan fingerprint density at radius 1 is 1.03 bits per heavy atom. The molecule has 1 saturated heterocycles. The number of ketones is 1. The lowest BCUT2D eigenvalue weighted by Crippen LogP contribution is -2.32. The van der Waals surface area contributed by atoms with Crippen LogP contribution in [0.25, 0.3) is 5.76 Å². The minimum absolute atomic E-state index is 0.0285. The van der Waals surface area contributed by atoms with Gasteiger partial charge in [0.25, 0.3) is 11.7 Å². The van der Waals surface area contributed by atoms with E-state index in [1.54, 1.807) is 24.5 Å². The van der Waals surface area contributed by atoms with Gasteiger partial charge in [0.05, 0.1) is 16.5 Å². The Hall–Kier alpha value is -3.08. The number of aromatic nitrogens is 1. The Balaban J connectivity index is 2.06. The molecule has 1 aromatic heterocycles. The second-order valence-electron chi connectivity index (χ2n) is 8.24. The van der Waals surface area contributed by atoms with E-state index in [1.807, 2.05) is 19.0 Å². The van der Waals surface area contributed by atoms with Gasteiger partial charge in [-0.25, -0.2) is 12.7 Å². The zero-order valence-corrected chi connectivity index (χ0v) is 19.9. The summed E-state index contributed by atoms with van der Waals surface area (Å²) in [5, 5.41) is 11.1. The Morgan fingerprint density at radius 2 is 1.64 bits per heavy atom. The van der Waals surface area contributed by atoms with Crippen molar-refractivity contribution < 1.29 is 23.1 Å². The zero-order valence-electron chi connectivity index (χ0n) is 19.1. The van der Waals surface area contributed by atoms with E-state index in [4.69, 9.17) is 0 Å². The molecule has 1 aliphatic rings. The molecule has 2 aromatic rings. The molecule has 2 heterocycles. The van der Waals surface area contributed by atoms with Crippen LogP contribution in [0.4, 0.5) is 0 Å². The van der Waals surface area contributed by atoms with E-state index in [0.717, 1.165) is 10.8 Å². The maximum Gasteiger partial charge on any atom is 0.295 e. The van der Waals surface area contributed by atoms with Crippen LogP contribution in [0.1, 0.15) is 23.6 Å². The number of carbonyl (C=O) groups is 2. The predicted molar refractivity (Wildman–Crippen MR) is 124 cm³/mol. The van der Waals surface area contributed by atoms with Gasteiger partial charge in [-0.2, -0.15) is 0 Å². The monoisotopic (exact) mass is 472 g/mol. The SMILES string of the molecule is CN(C)CCCN1C(=O)C(=O)/C(=C(\O)c2ccc(S(=O)(=O)N(C)C)cc2)C1c1ccncc1. The number of hydrogen-bond acceptors (Lipinski definition) is 7. The molecule has 0 spiro atoms. The van der Waals surface area contributed by atoms with Crippen molar-refractivity contribution in [1.29, 1.82) is 0 Å². The molecular formula is C23H28N4O5S. The number of Topliss-reactive ketones (excluding diaryl/α,β-unsaturated/α-hetero) is 1. The van der Waals surface area contributed by atoms with Crippen LogP contribution in [0.3, 0.4) is 0 Å². The minimum atomic E-state index is -3.64. The van der Waals surface area contributed by atoms with Gasteiger partial charge in [0.2, 0.25) is 10.0 Å². The number of hydrogen-bond donors (Lipinski definition) is 1. The molecule has 1 atom stereocenters. The molecule has 1 unspecified atom stereocenters. The highest BCUT2D eigenvalue weighted by atomic mass is 32.2. The summed E-state index contributed by atoms with van der Waals surface area (Å²) in [6, 6.07) is 8.22. The third-order valence-electron chi connectivity index (χ3n) is 5.47. The van der Waals surface area contributed by atoms with E-state index in [-0.39, 0.29) is 21.8 Å². The Morgan fingerprint density at radius 3 is 2.18 bits per heavy atom. The molecule has 0 radical (unpaired) electrons. The number of carbonyl (C=O) groups excluding carboxylic acids is 2. The minimum Gasteiger partial charge on any atom is -0.507 e. The summed E-state index contributed by atoms with van der Waals surface area (Å²) in [5.74, 6) is -1.80.